The van der Waals surface area contributed by atoms with E-state index in [1.165, 1.54) is 25.3 Å². The van der Waals surface area contributed by atoms with Gasteiger partial charge in [-0.15, -0.1) is 12.4 Å². The molecule has 0 spiro atoms. The van der Waals surface area contributed by atoms with Crippen molar-refractivity contribution < 1.29 is 14.3 Å². The molecular formula is C17H20ClN3O3S. The number of nitrogens with zero attached hydrogens (tertiary/aromatic N) is 1. The molecule has 2 N–H and O–H groups in total. The van der Waals surface area contributed by atoms with Gasteiger partial charge in [-0.2, -0.15) is 0 Å². The van der Waals surface area contributed by atoms with Crippen molar-refractivity contribution in [2.24, 2.45) is 5.92 Å². The number of amides is 1. The van der Waals surface area contributed by atoms with E-state index in [4.69, 9.17) is 0 Å². The Morgan fingerprint density at radius 3 is 2.76 bits per heavy atom. The molecule has 8 heteroatoms. The van der Waals surface area contributed by atoms with E-state index < -0.39 is 5.97 Å². The number of nitrogens with one attached hydrogen (secondary N) is 2. The Morgan fingerprint density at radius 2 is 2.12 bits per heavy atom. The van der Waals surface area contributed by atoms with E-state index in [1.807, 2.05) is 24.3 Å². The fourth-order valence-corrected chi connectivity index (χ4v) is 3.44. The predicted octanol–water partition coefficient (Wildman–Crippen LogP) is 2.76. The van der Waals surface area contributed by atoms with Crippen molar-refractivity contribution in [3.05, 3.63) is 46.5 Å². The highest BCUT2D eigenvalue weighted by Crippen LogP contribution is 2.20. The molecular weight excluding hydrogens is 362 g/mol. The molecule has 25 heavy (non-hydrogen) atoms. The molecule has 1 saturated heterocycles. The second kappa shape index (κ2) is 8.94. The molecule has 1 amide bonds. The number of anilines is 1. The molecule has 1 fully saturated rings. The molecule has 1 aromatic carbocycles. The summed E-state index contributed by atoms with van der Waals surface area (Å²) in [6, 6.07) is 7.63. The van der Waals surface area contributed by atoms with E-state index in [1.54, 1.807) is 0 Å². The Labute approximate surface area is 156 Å². The summed E-state index contributed by atoms with van der Waals surface area (Å²) in [6.07, 6.45) is 3.63. The van der Waals surface area contributed by atoms with Crippen LogP contribution < -0.4 is 10.6 Å². The van der Waals surface area contributed by atoms with Crippen LogP contribution in [0, 0.1) is 5.92 Å². The van der Waals surface area contributed by atoms with Crippen LogP contribution in [0.15, 0.2) is 30.5 Å². The molecule has 3 rings (SSSR count). The molecule has 134 valence electrons. The number of hydrogen-bond acceptors (Lipinski definition) is 6. The average Bonchev–Trinajstić information content (AvgIpc) is 3.27. The summed E-state index contributed by atoms with van der Waals surface area (Å²) in [5, 5.41) is 6.44. The molecule has 1 unspecified atom stereocenters. The molecule has 2 heterocycles. The molecule has 1 atom stereocenters. The van der Waals surface area contributed by atoms with E-state index in [2.05, 4.69) is 20.4 Å². The number of halogens is 1. The van der Waals surface area contributed by atoms with Crippen LogP contribution in [0.25, 0.3) is 0 Å². The van der Waals surface area contributed by atoms with Gasteiger partial charge in [0.05, 0.1) is 13.3 Å². The van der Waals surface area contributed by atoms with Crippen LogP contribution in [-0.2, 0) is 11.2 Å². The van der Waals surface area contributed by atoms with Crippen molar-refractivity contribution in [2.75, 3.05) is 25.5 Å². The number of esters is 1. The summed E-state index contributed by atoms with van der Waals surface area (Å²) in [5.74, 6) is -0.0228. The standard InChI is InChI=1S/C17H19N3O3S.ClH/c1-23-16(22)14-10-19-17(24-14)20-15(21)13-4-2-11(3-5-13)8-12-6-7-18-9-12;/h2-5,10,12,18H,6-9H2,1H3,(H,19,20,21);1H. The highest BCUT2D eigenvalue weighted by molar-refractivity contribution is 7.17. The van der Waals surface area contributed by atoms with Crippen LogP contribution in [0.5, 0.6) is 0 Å². The van der Waals surface area contributed by atoms with Gasteiger partial charge < -0.3 is 10.1 Å². The first-order valence-corrected chi connectivity index (χ1v) is 8.62. The number of ether oxygens (including phenoxy) is 1. The monoisotopic (exact) mass is 381 g/mol. The topological polar surface area (TPSA) is 80.3 Å². The van der Waals surface area contributed by atoms with Gasteiger partial charge in [-0.05, 0) is 49.5 Å². The molecule has 0 bridgehead atoms. The van der Waals surface area contributed by atoms with Gasteiger partial charge in [0.1, 0.15) is 4.88 Å². The van der Waals surface area contributed by atoms with Crippen LogP contribution in [0.3, 0.4) is 0 Å². The minimum atomic E-state index is -0.459. The van der Waals surface area contributed by atoms with Crippen LogP contribution in [0.1, 0.15) is 32.0 Å². The van der Waals surface area contributed by atoms with Gasteiger partial charge in [-0.1, -0.05) is 23.5 Å². The molecule has 0 saturated carbocycles. The highest BCUT2D eigenvalue weighted by Gasteiger charge is 2.16. The van der Waals surface area contributed by atoms with Gasteiger partial charge in [-0.25, -0.2) is 9.78 Å². The Bertz CT molecular complexity index is 727. The quantitative estimate of drug-likeness (QED) is 0.778. The zero-order valence-corrected chi connectivity index (χ0v) is 15.4. The molecule has 6 nitrogen and oxygen atoms in total. The van der Waals surface area contributed by atoms with Gasteiger partial charge in [0.15, 0.2) is 5.13 Å². The van der Waals surface area contributed by atoms with Gasteiger partial charge in [-0.3, -0.25) is 10.1 Å². The van der Waals surface area contributed by atoms with Crippen molar-refractivity contribution in [3.63, 3.8) is 0 Å². The van der Waals surface area contributed by atoms with Gasteiger partial charge in [0.2, 0.25) is 0 Å². The number of methoxy groups -OCH3 is 1. The predicted molar refractivity (Wildman–Crippen MR) is 99.8 cm³/mol. The molecule has 1 aliphatic rings. The lowest BCUT2D eigenvalue weighted by Crippen LogP contribution is -2.12. The number of carbonyl (C=O) groups is 2. The zero-order valence-electron chi connectivity index (χ0n) is 13.8. The first kappa shape index (κ1) is 19.4. The van der Waals surface area contributed by atoms with Crippen molar-refractivity contribution >= 4 is 40.8 Å². The summed E-state index contributed by atoms with van der Waals surface area (Å²) in [6.45, 7) is 2.15. The molecule has 2 aromatic rings. The van der Waals surface area contributed by atoms with E-state index in [9.17, 15) is 9.59 Å². The maximum Gasteiger partial charge on any atom is 0.349 e. The molecule has 0 aliphatic carbocycles. The van der Waals surface area contributed by atoms with E-state index in [0.29, 0.717) is 21.5 Å². The summed E-state index contributed by atoms with van der Waals surface area (Å²) in [4.78, 5) is 28.0. The number of rotatable bonds is 5. The molecule has 1 aromatic heterocycles. The second-order valence-electron chi connectivity index (χ2n) is 5.74. The van der Waals surface area contributed by atoms with E-state index in [0.717, 1.165) is 30.8 Å². The molecule has 1 aliphatic heterocycles. The van der Waals surface area contributed by atoms with Gasteiger partial charge in [0.25, 0.3) is 5.91 Å². The summed E-state index contributed by atoms with van der Waals surface area (Å²) in [5.41, 5.74) is 1.81. The molecule has 0 radical (unpaired) electrons. The van der Waals surface area contributed by atoms with Crippen LogP contribution in [-0.4, -0.2) is 37.1 Å². The number of thiazole rings is 1. The van der Waals surface area contributed by atoms with Crippen LogP contribution >= 0.6 is 23.7 Å². The third-order valence-electron chi connectivity index (χ3n) is 4.02. The number of aromatic nitrogens is 1. The third kappa shape index (κ3) is 5.01. The Balaban J connectivity index is 0.00000225. The van der Waals surface area contributed by atoms with Crippen LogP contribution in [0.4, 0.5) is 5.13 Å². The maximum atomic E-state index is 12.2. The summed E-state index contributed by atoms with van der Waals surface area (Å²) < 4.78 is 4.62. The van der Waals surface area contributed by atoms with Crippen molar-refractivity contribution in [2.45, 2.75) is 12.8 Å². The number of hydrogen-bond donors (Lipinski definition) is 2. The highest BCUT2D eigenvalue weighted by atomic mass is 35.5. The SMILES string of the molecule is COC(=O)c1cnc(NC(=O)c2ccc(CC3CCNC3)cc2)s1.Cl. The second-order valence-corrected chi connectivity index (χ2v) is 6.77. The maximum absolute atomic E-state index is 12.2. The Hall–Kier alpha value is -1.96. The minimum absolute atomic E-state index is 0. The number of carbonyl (C=O) groups excluding carboxylic acids is 2. The van der Waals surface area contributed by atoms with Gasteiger partial charge >= 0.3 is 5.97 Å². The first-order chi connectivity index (χ1) is 11.7. The fraction of sp³-hybridized carbons (Fsp3) is 0.353. The lowest BCUT2D eigenvalue weighted by Gasteiger charge is -2.08. The van der Waals surface area contributed by atoms with Crippen molar-refractivity contribution in [1.29, 1.82) is 0 Å². The van der Waals surface area contributed by atoms with E-state index in [-0.39, 0.29) is 18.3 Å². The summed E-state index contributed by atoms with van der Waals surface area (Å²) in [7, 11) is 1.31. The third-order valence-corrected chi connectivity index (χ3v) is 4.91. The Morgan fingerprint density at radius 1 is 1.36 bits per heavy atom. The fourth-order valence-electron chi connectivity index (χ4n) is 2.71. The van der Waals surface area contributed by atoms with E-state index >= 15 is 0 Å². The van der Waals surface area contributed by atoms with Gasteiger partial charge in [0, 0.05) is 5.56 Å². The van der Waals surface area contributed by atoms with Crippen molar-refractivity contribution in [1.82, 2.24) is 10.3 Å². The first-order valence-electron chi connectivity index (χ1n) is 7.81. The largest absolute Gasteiger partial charge is 0.465 e. The lowest BCUT2D eigenvalue weighted by atomic mass is 9.98. The Kier molecular flexibility index (Phi) is 6.92. The lowest BCUT2D eigenvalue weighted by molar-refractivity contribution is 0.0606. The average molecular weight is 382 g/mol. The zero-order chi connectivity index (χ0) is 16.9. The van der Waals surface area contributed by atoms with Crippen molar-refractivity contribution in [3.8, 4) is 0 Å². The normalized spacial score (nSPS) is 16.1. The minimum Gasteiger partial charge on any atom is -0.465 e. The number of benzene rings is 1. The summed E-state index contributed by atoms with van der Waals surface area (Å²) >= 11 is 1.09. The van der Waals surface area contributed by atoms with Crippen LogP contribution in [0.2, 0.25) is 0 Å². The smallest absolute Gasteiger partial charge is 0.349 e.